The lowest BCUT2D eigenvalue weighted by molar-refractivity contribution is 0.249. The summed E-state index contributed by atoms with van der Waals surface area (Å²) in [6.07, 6.45) is 2.60. The molecule has 0 saturated carbocycles. The van der Waals surface area contributed by atoms with Crippen molar-refractivity contribution in [1.29, 1.82) is 0 Å². The van der Waals surface area contributed by atoms with Gasteiger partial charge in [0.1, 0.15) is 0 Å². The molecule has 150 valence electrons. The normalized spacial score (nSPS) is 16.0. The van der Waals surface area contributed by atoms with E-state index in [1.807, 2.05) is 37.4 Å². The van der Waals surface area contributed by atoms with Crippen molar-refractivity contribution in [3.8, 4) is 0 Å². The van der Waals surface area contributed by atoms with Gasteiger partial charge in [-0.05, 0) is 37.4 Å². The van der Waals surface area contributed by atoms with E-state index in [0.717, 1.165) is 23.3 Å². The summed E-state index contributed by atoms with van der Waals surface area (Å²) in [7, 11) is 5.84. The number of anilines is 1. The molecule has 6 nitrogen and oxygen atoms in total. The lowest BCUT2D eigenvalue weighted by Gasteiger charge is -2.27. The number of hydrogen-bond acceptors (Lipinski definition) is 6. The Balaban J connectivity index is 0.00000261. The fourth-order valence-electron chi connectivity index (χ4n) is 3.11. The van der Waals surface area contributed by atoms with Crippen LogP contribution in [0.3, 0.4) is 0 Å². The third kappa shape index (κ3) is 6.30. The summed E-state index contributed by atoms with van der Waals surface area (Å²) in [5.41, 5.74) is 1.04. The van der Waals surface area contributed by atoms with Crippen LogP contribution in [-0.4, -0.2) is 56.6 Å². The first-order chi connectivity index (χ1) is 12.7. The molecule has 0 aromatic carbocycles. The third-order valence-corrected chi connectivity index (χ3v) is 6.53. The maximum atomic E-state index is 4.61. The maximum Gasteiger partial charge on any atom is 0.191 e. The lowest BCUT2D eigenvalue weighted by Crippen LogP contribution is -2.42. The smallest absolute Gasteiger partial charge is 0.191 e. The van der Waals surface area contributed by atoms with Crippen molar-refractivity contribution >= 4 is 57.7 Å². The zero-order chi connectivity index (χ0) is 18.4. The summed E-state index contributed by atoms with van der Waals surface area (Å²) < 4.78 is 0. The van der Waals surface area contributed by atoms with Gasteiger partial charge in [0.2, 0.25) is 0 Å². The molecular weight excluding hydrogens is 491 g/mol. The summed E-state index contributed by atoms with van der Waals surface area (Å²) in [5.74, 6) is 0.824. The molecule has 9 heteroatoms. The number of guanidine groups is 1. The summed E-state index contributed by atoms with van der Waals surface area (Å²) in [4.78, 5) is 15.0. The number of nitrogens with zero attached hydrogens (tertiary/aromatic N) is 4. The van der Waals surface area contributed by atoms with Crippen molar-refractivity contribution in [2.24, 2.45) is 4.99 Å². The standard InChI is InChI=1S/C18H28N6S2.HI/c1-19-17(20-11-14-13-26-18(22-14)23(2)3)21-12-15(16-7-6-10-25-16)24-8-4-5-9-24;/h6-7,10,13,15H,4-5,8-9,11-12H2,1-3H3,(H2,19,20,21);1H. The minimum absolute atomic E-state index is 0. The Morgan fingerprint density at radius 3 is 2.67 bits per heavy atom. The molecule has 2 aromatic rings. The van der Waals surface area contributed by atoms with Gasteiger partial charge in [0.05, 0.1) is 18.3 Å². The lowest BCUT2D eigenvalue weighted by atomic mass is 10.2. The van der Waals surface area contributed by atoms with Gasteiger partial charge in [-0.2, -0.15) is 0 Å². The molecule has 2 aromatic heterocycles. The fraction of sp³-hybridized carbons (Fsp3) is 0.556. The van der Waals surface area contributed by atoms with Gasteiger partial charge >= 0.3 is 0 Å². The van der Waals surface area contributed by atoms with E-state index < -0.39 is 0 Å². The Bertz CT molecular complexity index is 695. The average molecular weight is 521 g/mol. The van der Waals surface area contributed by atoms with Crippen molar-refractivity contribution < 1.29 is 0 Å². The van der Waals surface area contributed by atoms with Gasteiger partial charge in [-0.3, -0.25) is 9.89 Å². The Morgan fingerprint density at radius 1 is 1.30 bits per heavy atom. The van der Waals surface area contributed by atoms with Gasteiger partial charge in [-0.15, -0.1) is 46.7 Å². The van der Waals surface area contributed by atoms with Crippen molar-refractivity contribution in [2.75, 3.05) is 45.7 Å². The molecule has 27 heavy (non-hydrogen) atoms. The molecule has 1 saturated heterocycles. The molecule has 1 aliphatic rings. The van der Waals surface area contributed by atoms with Crippen LogP contribution in [0, 0.1) is 0 Å². The second kappa shape index (κ2) is 11.2. The Kier molecular flexibility index (Phi) is 9.27. The molecular formula is C18H29IN6S2. The van der Waals surface area contributed by atoms with Gasteiger partial charge in [0.15, 0.2) is 11.1 Å². The molecule has 0 amide bonds. The minimum Gasteiger partial charge on any atom is -0.354 e. The van der Waals surface area contributed by atoms with E-state index in [1.165, 1.54) is 30.8 Å². The maximum absolute atomic E-state index is 4.61. The molecule has 0 aliphatic carbocycles. The van der Waals surface area contributed by atoms with Crippen LogP contribution in [-0.2, 0) is 6.54 Å². The van der Waals surface area contributed by atoms with E-state index in [1.54, 1.807) is 11.3 Å². The molecule has 1 unspecified atom stereocenters. The number of likely N-dealkylation sites (tertiary alicyclic amines) is 1. The van der Waals surface area contributed by atoms with Gasteiger partial charge in [0.25, 0.3) is 0 Å². The highest BCUT2D eigenvalue weighted by Gasteiger charge is 2.24. The first-order valence-corrected chi connectivity index (χ1v) is 10.8. The molecule has 0 radical (unpaired) electrons. The molecule has 0 bridgehead atoms. The van der Waals surface area contributed by atoms with E-state index >= 15 is 0 Å². The summed E-state index contributed by atoms with van der Waals surface area (Å²) >= 11 is 3.50. The van der Waals surface area contributed by atoms with Crippen LogP contribution in [0.1, 0.15) is 29.5 Å². The van der Waals surface area contributed by atoms with Crippen molar-refractivity contribution in [3.63, 3.8) is 0 Å². The molecule has 0 spiro atoms. The SMILES string of the molecule is CN=C(NCc1csc(N(C)C)n1)NCC(c1cccs1)N1CCCC1.I. The monoisotopic (exact) mass is 520 g/mol. The third-order valence-electron chi connectivity index (χ3n) is 4.50. The summed E-state index contributed by atoms with van der Waals surface area (Å²) in [6, 6.07) is 4.79. The van der Waals surface area contributed by atoms with Crippen LogP contribution in [0.5, 0.6) is 0 Å². The average Bonchev–Trinajstić information content (AvgIpc) is 3.40. The highest BCUT2D eigenvalue weighted by atomic mass is 127. The summed E-state index contributed by atoms with van der Waals surface area (Å²) in [6.45, 7) is 3.91. The van der Waals surface area contributed by atoms with Gasteiger partial charge < -0.3 is 15.5 Å². The number of thiazole rings is 1. The van der Waals surface area contributed by atoms with Crippen LogP contribution in [0.4, 0.5) is 5.13 Å². The quantitative estimate of drug-likeness (QED) is 0.333. The number of hydrogen-bond donors (Lipinski definition) is 2. The topological polar surface area (TPSA) is 55.8 Å². The number of nitrogens with one attached hydrogen (secondary N) is 2. The second-order valence-corrected chi connectivity index (χ2v) is 8.41. The van der Waals surface area contributed by atoms with Crippen LogP contribution in [0.2, 0.25) is 0 Å². The van der Waals surface area contributed by atoms with Crippen LogP contribution in [0.25, 0.3) is 0 Å². The Morgan fingerprint density at radius 2 is 2.07 bits per heavy atom. The molecule has 2 N–H and O–H groups in total. The fourth-order valence-corrected chi connectivity index (χ4v) is 4.73. The number of halogens is 1. The number of thiophene rings is 1. The van der Waals surface area contributed by atoms with Crippen molar-refractivity contribution in [2.45, 2.75) is 25.4 Å². The zero-order valence-electron chi connectivity index (χ0n) is 16.1. The van der Waals surface area contributed by atoms with E-state index in [0.29, 0.717) is 12.6 Å². The molecule has 1 fully saturated rings. The Hall–Kier alpha value is -0.910. The molecule has 3 heterocycles. The van der Waals surface area contributed by atoms with Gasteiger partial charge in [-0.25, -0.2) is 4.98 Å². The van der Waals surface area contributed by atoms with Crippen LogP contribution in [0.15, 0.2) is 27.9 Å². The van der Waals surface area contributed by atoms with Crippen LogP contribution >= 0.6 is 46.7 Å². The summed E-state index contributed by atoms with van der Waals surface area (Å²) in [5, 5.41) is 12.2. The molecule has 3 rings (SSSR count). The molecule has 1 aliphatic heterocycles. The first-order valence-electron chi connectivity index (χ1n) is 9.01. The van der Waals surface area contributed by atoms with E-state index in [2.05, 4.69) is 48.4 Å². The first kappa shape index (κ1) is 22.4. The van der Waals surface area contributed by atoms with Crippen molar-refractivity contribution in [1.82, 2.24) is 20.5 Å². The predicted octanol–water partition coefficient (Wildman–Crippen LogP) is 3.39. The Labute approximate surface area is 187 Å². The number of aromatic nitrogens is 1. The number of aliphatic imine (C=N–C) groups is 1. The minimum atomic E-state index is 0. The van der Waals surface area contributed by atoms with E-state index in [-0.39, 0.29) is 24.0 Å². The molecule has 1 atom stereocenters. The number of rotatable bonds is 7. The van der Waals surface area contributed by atoms with Crippen LogP contribution < -0.4 is 15.5 Å². The van der Waals surface area contributed by atoms with E-state index in [9.17, 15) is 0 Å². The predicted molar refractivity (Wildman–Crippen MR) is 128 cm³/mol. The highest BCUT2D eigenvalue weighted by molar-refractivity contribution is 14.0. The van der Waals surface area contributed by atoms with Crippen molar-refractivity contribution in [3.05, 3.63) is 33.5 Å². The zero-order valence-corrected chi connectivity index (χ0v) is 20.1. The van der Waals surface area contributed by atoms with E-state index in [4.69, 9.17) is 0 Å². The largest absolute Gasteiger partial charge is 0.354 e. The second-order valence-electron chi connectivity index (χ2n) is 6.60. The van der Waals surface area contributed by atoms with Gasteiger partial charge in [-0.1, -0.05) is 6.07 Å². The highest BCUT2D eigenvalue weighted by Crippen LogP contribution is 2.27. The van der Waals surface area contributed by atoms with Gasteiger partial charge in [0, 0.05) is 37.9 Å².